The van der Waals surface area contributed by atoms with Gasteiger partial charge in [-0.3, -0.25) is 0 Å². The van der Waals surface area contributed by atoms with Gasteiger partial charge in [-0.15, -0.1) is 0 Å². The highest BCUT2D eigenvalue weighted by molar-refractivity contribution is 6.31. The summed E-state index contributed by atoms with van der Waals surface area (Å²) in [5, 5.41) is 4.31. The number of rotatable bonds is 4. The van der Waals surface area contributed by atoms with Crippen LogP contribution in [0.3, 0.4) is 0 Å². The number of nitrogens with one attached hydrogen (secondary N) is 1. The molecule has 5 heteroatoms. The normalized spacial score (nSPS) is 25.8. The minimum Gasteiger partial charge on any atom is -0.379 e. The van der Waals surface area contributed by atoms with Gasteiger partial charge in [-0.25, -0.2) is 4.98 Å². The summed E-state index contributed by atoms with van der Waals surface area (Å²) in [4.78, 5) is 4.91. The zero-order valence-electron chi connectivity index (χ0n) is 12.2. The van der Waals surface area contributed by atoms with E-state index in [1.807, 2.05) is 18.2 Å². The zero-order chi connectivity index (χ0) is 14.4. The summed E-state index contributed by atoms with van der Waals surface area (Å²) in [6.45, 7) is 4.62. The average molecular weight is 306 g/mol. The lowest BCUT2D eigenvalue weighted by atomic mass is 10.0. The maximum Gasteiger partial charge on any atom is 0.117 e. The second-order valence-corrected chi connectivity index (χ2v) is 6.45. The molecule has 2 aromatic rings. The lowest BCUT2D eigenvalue weighted by molar-refractivity contribution is 0.187. The van der Waals surface area contributed by atoms with Crippen molar-refractivity contribution in [2.45, 2.75) is 37.8 Å². The van der Waals surface area contributed by atoms with Gasteiger partial charge >= 0.3 is 0 Å². The molecule has 4 nitrogen and oxygen atoms in total. The second-order valence-electron chi connectivity index (χ2n) is 6.01. The first kappa shape index (κ1) is 13.6. The third-order valence-electron chi connectivity index (χ3n) is 4.47. The molecule has 0 spiro atoms. The Morgan fingerprint density at radius 2 is 2.24 bits per heavy atom. The number of fused-ring (bicyclic) bond motifs is 1. The fourth-order valence-electron chi connectivity index (χ4n) is 3.33. The Hall–Kier alpha value is -1.10. The molecule has 1 N–H and O–H groups in total. The van der Waals surface area contributed by atoms with Gasteiger partial charge < -0.3 is 14.6 Å². The fourth-order valence-corrected chi connectivity index (χ4v) is 3.50. The molecule has 2 aliphatic rings. The summed E-state index contributed by atoms with van der Waals surface area (Å²) < 4.78 is 8.12. The molecule has 2 atom stereocenters. The topological polar surface area (TPSA) is 39.1 Å². The number of hydrogen-bond donors (Lipinski definition) is 1. The number of ether oxygens (including phenoxy) is 1. The minimum absolute atomic E-state index is 0.330. The van der Waals surface area contributed by atoms with Crippen molar-refractivity contribution in [2.24, 2.45) is 0 Å². The van der Waals surface area contributed by atoms with E-state index in [4.69, 9.17) is 21.3 Å². The molecule has 0 amide bonds. The van der Waals surface area contributed by atoms with Crippen molar-refractivity contribution < 1.29 is 4.74 Å². The second kappa shape index (κ2) is 5.27. The maximum atomic E-state index is 6.18. The molecule has 4 rings (SSSR count). The maximum absolute atomic E-state index is 6.18. The Morgan fingerprint density at radius 3 is 3.00 bits per heavy atom. The Bertz CT molecular complexity index is 665. The number of hydrogen-bond acceptors (Lipinski definition) is 3. The molecule has 1 saturated carbocycles. The standard InChI is InChI=1S/C16H20ClN3O/c1-2-18-14-9-21-8-12(14)16-19-13-6-3-10(17)7-15(13)20(16)11-4-5-11/h3,6-7,11-12,14,18H,2,4-5,8-9H2,1H3. The van der Waals surface area contributed by atoms with Crippen LogP contribution in [0.2, 0.25) is 5.02 Å². The van der Waals surface area contributed by atoms with Gasteiger partial charge in [0, 0.05) is 17.1 Å². The third kappa shape index (κ3) is 2.35. The summed E-state index contributed by atoms with van der Waals surface area (Å²) in [5.41, 5.74) is 2.21. The van der Waals surface area contributed by atoms with E-state index in [0.29, 0.717) is 18.0 Å². The van der Waals surface area contributed by atoms with E-state index >= 15 is 0 Å². The Morgan fingerprint density at radius 1 is 1.38 bits per heavy atom. The SMILES string of the molecule is CCNC1COCC1c1nc2ccc(Cl)cc2n1C1CC1. The molecular weight excluding hydrogens is 286 g/mol. The highest BCUT2D eigenvalue weighted by atomic mass is 35.5. The van der Waals surface area contributed by atoms with Crippen LogP contribution in [-0.2, 0) is 4.74 Å². The largest absolute Gasteiger partial charge is 0.379 e. The van der Waals surface area contributed by atoms with Crippen molar-refractivity contribution in [1.29, 1.82) is 0 Å². The first-order valence-electron chi connectivity index (χ1n) is 7.76. The van der Waals surface area contributed by atoms with E-state index in [1.165, 1.54) is 24.2 Å². The molecule has 2 unspecified atom stereocenters. The van der Waals surface area contributed by atoms with Crippen LogP contribution in [0, 0.1) is 0 Å². The van der Waals surface area contributed by atoms with Crippen LogP contribution in [0.5, 0.6) is 0 Å². The molecule has 21 heavy (non-hydrogen) atoms. The van der Waals surface area contributed by atoms with E-state index in [-0.39, 0.29) is 0 Å². The summed E-state index contributed by atoms with van der Waals surface area (Å²) in [5.74, 6) is 1.50. The summed E-state index contributed by atoms with van der Waals surface area (Å²) in [6.07, 6.45) is 2.48. The van der Waals surface area contributed by atoms with Gasteiger partial charge in [-0.1, -0.05) is 18.5 Å². The minimum atomic E-state index is 0.330. The Labute approximate surface area is 129 Å². The Balaban J connectivity index is 1.82. The number of imidazole rings is 1. The van der Waals surface area contributed by atoms with Crippen LogP contribution < -0.4 is 5.32 Å². The predicted molar refractivity (Wildman–Crippen MR) is 84.0 cm³/mol. The molecular formula is C16H20ClN3O. The monoisotopic (exact) mass is 305 g/mol. The number of halogens is 1. The van der Waals surface area contributed by atoms with Gasteiger partial charge in [0.05, 0.1) is 30.2 Å². The van der Waals surface area contributed by atoms with Crippen molar-refractivity contribution in [3.05, 3.63) is 29.0 Å². The molecule has 112 valence electrons. The van der Waals surface area contributed by atoms with Gasteiger partial charge in [-0.05, 0) is 37.6 Å². The molecule has 0 bridgehead atoms. The van der Waals surface area contributed by atoms with E-state index in [2.05, 4.69) is 16.8 Å². The van der Waals surface area contributed by atoms with E-state index < -0.39 is 0 Å². The average Bonchev–Trinajstić information content (AvgIpc) is 3.08. The van der Waals surface area contributed by atoms with Gasteiger partial charge in [0.15, 0.2) is 0 Å². The van der Waals surface area contributed by atoms with Crippen LogP contribution in [0.15, 0.2) is 18.2 Å². The molecule has 1 saturated heterocycles. The van der Waals surface area contributed by atoms with E-state index in [1.54, 1.807) is 0 Å². The highest BCUT2D eigenvalue weighted by Gasteiger charge is 2.36. The smallest absolute Gasteiger partial charge is 0.117 e. The van der Waals surface area contributed by atoms with Gasteiger partial charge in [0.2, 0.25) is 0 Å². The Kier molecular flexibility index (Phi) is 3.40. The van der Waals surface area contributed by atoms with Crippen molar-refractivity contribution in [1.82, 2.24) is 14.9 Å². The predicted octanol–water partition coefficient (Wildman–Crippen LogP) is 3.12. The van der Waals surface area contributed by atoms with Crippen LogP contribution in [0.1, 0.15) is 37.5 Å². The molecule has 1 aliphatic carbocycles. The molecule has 1 aromatic heterocycles. The van der Waals surface area contributed by atoms with Crippen molar-refractivity contribution in [2.75, 3.05) is 19.8 Å². The summed E-state index contributed by atoms with van der Waals surface area (Å²) >= 11 is 6.18. The fraction of sp³-hybridized carbons (Fsp3) is 0.562. The number of benzene rings is 1. The first-order valence-corrected chi connectivity index (χ1v) is 8.14. The van der Waals surface area contributed by atoms with E-state index in [0.717, 1.165) is 30.3 Å². The number of likely N-dealkylation sites (N-methyl/N-ethyl adjacent to an activating group) is 1. The van der Waals surface area contributed by atoms with Gasteiger partial charge in [0.25, 0.3) is 0 Å². The van der Waals surface area contributed by atoms with Gasteiger partial charge in [0.1, 0.15) is 5.82 Å². The molecule has 1 aliphatic heterocycles. The summed E-state index contributed by atoms with van der Waals surface area (Å²) in [6, 6.07) is 6.94. The lowest BCUT2D eigenvalue weighted by Crippen LogP contribution is -2.35. The lowest BCUT2D eigenvalue weighted by Gasteiger charge is -2.19. The van der Waals surface area contributed by atoms with Crippen LogP contribution in [0.25, 0.3) is 11.0 Å². The van der Waals surface area contributed by atoms with Crippen LogP contribution in [0.4, 0.5) is 0 Å². The first-order chi connectivity index (χ1) is 10.3. The van der Waals surface area contributed by atoms with Crippen molar-refractivity contribution >= 4 is 22.6 Å². The third-order valence-corrected chi connectivity index (χ3v) is 4.70. The van der Waals surface area contributed by atoms with E-state index in [9.17, 15) is 0 Å². The molecule has 2 fully saturated rings. The van der Waals surface area contributed by atoms with Crippen LogP contribution in [-0.4, -0.2) is 35.4 Å². The highest BCUT2D eigenvalue weighted by Crippen LogP contribution is 2.41. The molecule has 2 heterocycles. The van der Waals surface area contributed by atoms with Crippen LogP contribution >= 0.6 is 11.6 Å². The molecule has 0 radical (unpaired) electrons. The van der Waals surface area contributed by atoms with Gasteiger partial charge in [-0.2, -0.15) is 0 Å². The number of nitrogens with zero attached hydrogens (tertiary/aromatic N) is 2. The van der Waals surface area contributed by atoms with Crippen molar-refractivity contribution in [3.8, 4) is 0 Å². The zero-order valence-corrected chi connectivity index (χ0v) is 12.9. The quantitative estimate of drug-likeness (QED) is 0.943. The number of aromatic nitrogens is 2. The summed E-state index contributed by atoms with van der Waals surface area (Å²) in [7, 11) is 0. The van der Waals surface area contributed by atoms with Crippen molar-refractivity contribution in [3.63, 3.8) is 0 Å². The molecule has 1 aromatic carbocycles.